The maximum Gasteiger partial charge on any atom is 0 e. The summed E-state index contributed by atoms with van der Waals surface area (Å²) in [6.07, 6.45) is 0. The van der Waals surface area contributed by atoms with Crippen LogP contribution in [0, 0.1) is 0 Å². The predicted molar refractivity (Wildman–Crippen MR) is 17.3 cm³/mol. The summed E-state index contributed by atoms with van der Waals surface area (Å²) in [7, 11) is 0. The molecule has 5 heavy (non-hydrogen) atoms. The molecule has 0 aromatic rings. The Bertz CT molecular complexity index is 7.61. The van der Waals surface area contributed by atoms with Crippen molar-refractivity contribution in [3.8, 4) is 0 Å². The summed E-state index contributed by atoms with van der Waals surface area (Å²) in [5.74, 6) is 0. The van der Waals surface area contributed by atoms with E-state index in [1.165, 1.54) is 0 Å². The molecular weight excluding hydrogens is 458 g/mol. The summed E-state index contributed by atoms with van der Waals surface area (Å²) in [6, 6.07) is 0. The number of rotatable bonds is 0. The van der Waals surface area contributed by atoms with Gasteiger partial charge in [0.1, 0.15) is 0 Å². The average Bonchev–Trinajstić information content (AvgIpc) is 0. The minimum absolute atomic E-state index is 0. The van der Waals surface area contributed by atoms with Gasteiger partial charge in [-0.15, -0.1) is 0 Å². The van der Waals surface area contributed by atoms with Crippen LogP contribution in [0.2, 0.25) is 0 Å². The van der Waals surface area contributed by atoms with Gasteiger partial charge in [-0.25, -0.2) is 0 Å². The van der Waals surface area contributed by atoms with Crippen LogP contribution in [0.3, 0.4) is 0 Å². The molecule has 0 nitrogen and oxygen atoms in total. The summed E-state index contributed by atoms with van der Waals surface area (Å²) < 4.78 is 0. The van der Waals surface area contributed by atoms with Crippen molar-refractivity contribution >= 4 is 143 Å². The van der Waals surface area contributed by atoms with Gasteiger partial charge in [0, 0.05) is 187 Å². The second-order valence-corrected chi connectivity index (χ2v) is 0. The Morgan fingerprint density at radius 1 is 0.600 bits per heavy atom. The van der Waals surface area contributed by atoms with Crippen LogP contribution in [0.15, 0.2) is 0 Å². The fourth-order valence-electron chi connectivity index (χ4n) is 0. The third-order valence-electron chi connectivity index (χ3n) is 0. The zero-order valence-corrected chi connectivity index (χ0v) is 18.6. The van der Waals surface area contributed by atoms with Gasteiger partial charge in [0.05, 0.1) is 0 Å². The normalized spacial score (nSPS) is 0. The first-order valence-electron chi connectivity index (χ1n) is 0. The number of hydrogen-bond donors (Lipinski definition) is 0. The van der Waals surface area contributed by atoms with Gasteiger partial charge in [0.2, 0.25) is 0 Å². The van der Waals surface area contributed by atoms with Crippen molar-refractivity contribution in [3.63, 3.8) is 0 Å². The van der Waals surface area contributed by atoms with E-state index < -0.39 is 0 Å². The molecule has 0 aliphatic rings. The van der Waals surface area contributed by atoms with Gasteiger partial charge in [-0.3, -0.25) is 0 Å². The maximum atomic E-state index is 0. The smallest absolute Gasteiger partial charge is 0 e. The zero-order valence-electron chi connectivity index (χ0n) is 3.12. The quantitative estimate of drug-likeness (QED) is 0.403. The molecule has 0 aromatic carbocycles. The molecule has 0 spiro atoms. The van der Waals surface area contributed by atoms with E-state index in [0.717, 1.165) is 0 Å². The molecule has 14 valence electrons. The first-order chi connectivity index (χ1) is 0. The minimum atomic E-state index is 0. The Morgan fingerprint density at radius 3 is 0.600 bits per heavy atom. The molecule has 0 aliphatic heterocycles. The Labute approximate surface area is 180 Å². The van der Waals surface area contributed by atoms with Crippen LogP contribution in [0.25, 0.3) is 0 Å². The van der Waals surface area contributed by atoms with Crippen LogP contribution < -0.4 is 0 Å². The van der Waals surface area contributed by atoms with E-state index >= 15 is 0 Å². The van der Waals surface area contributed by atoms with Gasteiger partial charge in [0.15, 0.2) is 0 Å². The van der Waals surface area contributed by atoms with Crippen molar-refractivity contribution in [1.29, 1.82) is 0 Å². The monoisotopic (exact) mass is 460 g/mol. The molecule has 0 aliphatic carbocycles. The van der Waals surface area contributed by atoms with Crippen LogP contribution in [-0.2, 0) is 43.4 Å². The standard InChI is InChI=1S/2Ba.Sr.2Ti. The van der Waals surface area contributed by atoms with Crippen LogP contribution in [0.5, 0.6) is 0 Å². The summed E-state index contributed by atoms with van der Waals surface area (Å²) in [6.45, 7) is 0. The summed E-state index contributed by atoms with van der Waals surface area (Å²) in [4.78, 5) is 0. The molecule has 0 atom stereocenters. The van der Waals surface area contributed by atoms with Gasteiger partial charge >= 0.3 is 0 Å². The van der Waals surface area contributed by atoms with Crippen LogP contribution in [-0.4, -0.2) is 143 Å². The van der Waals surface area contributed by atoms with Gasteiger partial charge in [0.25, 0.3) is 0 Å². The minimum Gasteiger partial charge on any atom is 0 e. The van der Waals surface area contributed by atoms with E-state index in [1.807, 2.05) is 0 Å². The summed E-state index contributed by atoms with van der Waals surface area (Å²) >= 11 is 0. The molecule has 0 bridgehead atoms. The van der Waals surface area contributed by atoms with Gasteiger partial charge in [-0.1, -0.05) is 0 Å². The molecule has 0 amide bonds. The van der Waals surface area contributed by atoms with E-state index in [2.05, 4.69) is 0 Å². The van der Waals surface area contributed by atoms with Gasteiger partial charge < -0.3 is 0 Å². The van der Waals surface area contributed by atoms with Crippen molar-refractivity contribution in [2.75, 3.05) is 0 Å². The van der Waals surface area contributed by atoms with E-state index in [0.29, 0.717) is 0 Å². The third-order valence-corrected chi connectivity index (χ3v) is 0. The Morgan fingerprint density at radius 2 is 0.600 bits per heavy atom. The van der Waals surface area contributed by atoms with Crippen molar-refractivity contribution in [2.45, 2.75) is 0 Å². The Balaban J connectivity index is 0. The van der Waals surface area contributed by atoms with Crippen molar-refractivity contribution in [3.05, 3.63) is 0 Å². The second-order valence-electron chi connectivity index (χ2n) is 0. The first kappa shape index (κ1) is 30.5. The first-order valence-corrected chi connectivity index (χ1v) is 0. The summed E-state index contributed by atoms with van der Waals surface area (Å²) in [5.41, 5.74) is 0. The van der Waals surface area contributed by atoms with E-state index in [4.69, 9.17) is 0 Å². The van der Waals surface area contributed by atoms with Crippen LogP contribution in [0.1, 0.15) is 0 Å². The fraction of sp³-hybridized carbons (Fsp3) is 0. The average molecular weight is 458 g/mol. The van der Waals surface area contributed by atoms with Crippen LogP contribution >= 0.6 is 0 Å². The van der Waals surface area contributed by atoms with Crippen molar-refractivity contribution in [2.24, 2.45) is 0 Å². The molecule has 0 saturated carbocycles. The molecule has 0 aromatic heterocycles. The molecule has 0 unspecified atom stereocenters. The van der Waals surface area contributed by atoms with Crippen molar-refractivity contribution < 1.29 is 43.4 Å². The van der Waals surface area contributed by atoms with Gasteiger partial charge in [-0.05, 0) is 0 Å². The summed E-state index contributed by atoms with van der Waals surface area (Å²) in [5, 5.41) is 0. The predicted octanol–water partition coefficient (Wildman–Crippen LogP) is -1.15. The van der Waals surface area contributed by atoms with Crippen molar-refractivity contribution in [1.82, 2.24) is 0 Å². The molecule has 5 heteroatoms. The molecule has 0 N–H and O–H groups in total. The largest absolute Gasteiger partial charge is 0 e. The zero-order chi connectivity index (χ0) is 0. The Hall–Kier alpha value is 6.05. The fourth-order valence-corrected chi connectivity index (χ4v) is 0. The van der Waals surface area contributed by atoms with E-state index in [-0.39, 0.29) is 187 Å². The molecular formula is Ba2SrTi2. The topological polar surface area (TPSA) is 0 Å². The number of hydrogen-bond acceptors (Lipinski definition) is 0. The van der Waals surface area contributed by atoms with E-state index in [9.17, 15) is 0 Å². The molecule has 0 heterocycles. The molecule has 0 fully saturated rings. The molecule has 6 radical (unpaired) electrons. The second kappa shape index (κ2) is 22.5. The van der Waals surface area contributed by atoms with Crippen LogP contribution in [0.4, 0.5) is 0 Å². The maximum absolute atomic E-state index is 0. The SMILES string of the molecule is [Ba].[Ba].[Sr].[Ti].[Ti]. The van der Waals surface area contributed by atoms with Gasteiger partial charge in [-0.2, -0.15) is 0 Å². The Kier molecular flexibility index (Phi) is 137. The third kappa shape index (κ3) is 17.8. The molecule has 0 rings (SSSR count). The van der Waals surface area contributed by atoms with E-state index in [1.54, 1.807) is 0 Å². The molecule has 0 saturated heterocycles.